The van der Waals surface area contributed by atoms with Crippen molar-refractivity contribution in [2.75, 3.05) is 11.5 Å². The molecule has 0 aromatic heterocycles. The van der Waals surface area contributed by atoms with Gasteiger partial charge in [-0.15, -0.1) is 0 Å². The van der Waals surface area contributed by atoms with E-state index in [1.807, 2.05) is 0 Å². The van der Waals surface area contributed by atoms with Gasteiger partial charge < -0.3 is 10.4 Å². The molecule has 7 heteroatoms. The lowest BCUT2D eigenvalue weighted by atomic mass is 10.00. The summed E-state index contributed by atoms with van der Waals surface area (Å²) >= 11 is 0. The van der Waals surface area contributed by atoms with Gasteiger partial charge in [0.05, 0.1) is 17.0 Å². The van der Waals surface area contributed by atoms with E-state index in [1.165, 1.54) is 6.07 Å². The van der Waals surface area contributed by atoms with Crippen molar-refractivity contribution in [1.82, 2.24) is 5.32 Å². The number of amides is 1. The number of aromatic hydroxyl groups is 1. The van der Waals surface area contributed by atoms with Crippen molar-refractivity contribution in [3.63, 3.8) is 0 Å². The van der Waals surface area contributed by atoms with Crippen LogP contribution in [0.5, 0.6) is 5.75 Å². The first-order valence-electron chi connectivity index (χ1n) is 7.80. The van der Waals surface area contributed by atoms with E-state index in [2.05, 4.69) is 5.32 Å². The molecule has 0 saturated carbocycles. The van der Waals surface area contributed by atoms with Crippen LogP contribution in [0, 0.1) is 5.82 Å². The standard InChI is InChI=1S/C18H18FNO4S/c1-18(9-10-25(23,24)11-18)20-17(22)13-7-5-12(6-8-13)14-3-2-4-15(19)16(14)21/h2-8,21H,9-11H2,1H3,(H,20,22). The SMILES string of the molecule is CC1(NC(=O)c2ccc(-c3cccc(F)c3O)cc2)CCS(=O)(=O)C1. The highest BCUT2D eigenvalue weighted by Crippen LogP contribution is 2.31. The van der Waals surface area contributed by atoms with Crippen molar-refractivity contribution in [2.45, 2.75) is 18.9 Å². The molecule has 1 heterocycles. The predicted octanol–water partition coefficient (Wildman–Crippen LogP) is 2.51. The van der Waals surface area contributed by atoms with Crippen LogP contribution in [0.2, 0.25) is 0 Å². The highest BCUT2D eigenvalue weighted by atomic mass is 32.2. The summed E-state index contributed by atoms with van der Waals surface area (Å²) < 4.78 is 36.7. The van der Waals surface area contributed by atoms with Gasteiger partial charge in [0.15, 0.2) is 21.4 Å². The average molecular weight is 363 g/mol. The highest BCUT2D eigenvalue weighted by Gasteiger charge is 2.39. The van der Waals surface area contributed by atoms with Crippen LogP contribution in [0.25, 0.3) is 11.1 Å². The summed E-state index contributed by atoms with van der Waals surface area (Å²) in [6.45, 7) is 1.72. The van der Waals surface area contributed by atoms with Crippen molar-refractivity contribution in [2.24, 2.45) is 0 Å². The molecule has 0 radical (unpaired) electrons. The number of rotatable bonds is 3. The molecule has 2 N–H and O–H groups in total. The normalized spacial score (nSPS) is 21.8. The van der Waals surface area contributed by atoms with E-state index < -0.39 is 26.9 Å². The molecule has 1 fully saturated rings. The summed E-state index contributed by atoms with van der Waals surface area (Å²) in [6.07, 6.45) is 0.385. The fourth-order valence-corrected chi connectivity index (χ4v) is 5.10. The molecule has 3 rings (SSSR count). The molecule has 132 valence electrons. The van der Waals surface area contributed by atoms with Crippen molar-refractivity contribution >= 4 is 15.7 Å². The first kappa shape index (κ1) is 17.4. The summed E-state index contributed by atoms with van der Waals surface area (Å²) in [5.74, 6) is -1.52. The molecular formula is C18H18FNO4S. The topological polar surface area (TPSA) is 83.5 Å². The number of phenolic OH excluding ortho intramolecular Hbond substituents is 1. The molecule has 1 aliphatic rings. The van der Waals surface area contributed by atoms with Gasteiger partial charge in [0.25, 0.3) is 5.91 Å². The number of para-hydroxylation sites is 1. The van der Waals surface area contributed by atoms with Crippen LogP contribution in [0.1, 0.15) is 23.7 Å². The summed E-state index contributed by atoms with van der Waals surface area (Å²) in [6, 6.07) is 10.6. The van der Waals surface area contributed by atoms with Gasteiger partial charge in [-0.3, -0.25) is 4.79 Å². The van der Waals surface area contributed by atoms with E-state index in [-0.39, 0.29) is 17.4 Å². The van der Waals surface area contributed by atoms with Crippen molar-refractivity contribution < 1.29 is 22.7 Å². The number of benzene rings is 2. The van der Waals surface area contributed by atoms with Crippen molar-refractivity contribution in [3.8, 4) is 16.9 Å². The third-order valence-electron chi connectivity index (χ3n) is 4.36. The average Bonchev–Trinajstić information content (AvgIpc) is 2.83. The minimum Gasteiger partial charge on any atom is -0.504 e. The van der Waals surface area contributed by atoms with Crippen LogP contribution < -0.4 is 5.32 Å². The highest BCUT2D eigenvalue weighted by molar-refractivity contribution is 7.91. The van der Waals surface area contributed by atoms with Gasteiger partial charge in [-0.2, -0.15) is 0 Å². The van der Waals surface area contributed by atoms with Crippen molar-refractivity contribution in [1.29, 1.82) is 0 Å². The zero-order valence-electron chi connectivity index (χ0n) is 13.6. The van der Waals surface area contributed by atoms with Gasteiger partial charge in [0.1, 0.15) is 0 Å². The van der Waals surface area contributed by atoms with E-state index in [0.29, 0.717) is 23.1 Å². The zero-order chi connectivity index (χ0) is 18.2. The van der Waals surface area contributed by atoms with E-state index in [0.717, 1.165) is 6.07 Å². The van der Waals surface area contributed by atoms with Crippen molar-refractivity contribution in [3.05, 3.63) is 53.8 Å². The number of hydrogen-bond donors (Lipinski definition) is 2. The van der Waals surface area contributed by atoms with E-state index in [1.54, 1.807) is 37.3 Å². The summed E-state index contributed by atoms with van der Waals surface area (Å²) in [4.78, 5) is 12.4. The second-order valence-electron chi connectivity index (χ2n) is 6.57. The first-order valence-corrected chi connectivity index (χ1v) is 9.62. The van der Waals surface area contributed by atoms with Gasteiger partial charge in [-0.05, 0) is 37.1 Å². The third kappa shape index (κ3) is 3.66. The smallest absolute Gasteiger partial charge is 0.251 e. The molecule has 2 aromatic rings. The maximum absolute atomic E-state index is 13.4. The van der Waals surface area contributed by atoms with Gasteiger partial charge in [0.2, 0.25) is 0 Å². The Morgan fingerprint density at radius 2 is 1.88 bits per heavy atom. The summed E-state index contributed by atoms with van der Waals surface area (Å²) in [5, 5.41) is 12.6. The van der Waals surface area contributed by atoms with Gasteiger partial charge in [-0.1, -0.05) is 24.3 Å². The first-order chi connectivity index (χ1) is 11.7. The third-order valence-corrected chi connectivity index (χ3v) is 6.27. The number of sulfone groups is 1. The maximum atomic E-state index is 13.4. The number of carbonyl (C=O) groups excluding carboxylic acids is 1. The molecule has 1 amide bonds. The Hall–Kier alpha value is -2.41. The van der Waals surface area contributed by atoms with E-state index in [4.69, 9.17) is 0 Å². The number of nitrogens with one attached hydrogen (secondary N) is 1. The van der Waals surface area contributed by atoms with Gasteiger partial charge in [-0.25, -0.2) is 12.8 Å². The Morgan fingerprint density at radius 1 is 1.20 bits per heavy atom. The Kier molecular flexibility index (Phi) is 4.28. The quantitative estimate of drug-likeness (QED) is 0.878. The lowest BCUT2D eigenvalue weighted by Gasteiger charge is -2.23. The number of phenols is 1. The van der Waals surface area contributed by atoms with Crippen LogP contribution in [0.15, 0.2) is 42.5 Å². The molecule has 5 nitrogen and oxygen atoms in total. The van der Waals surface area contributed by atoms with Gasteiger partial charge >= 0.3 is 0 Å². The molecular weight excluding hydrogens is 345 g/mol. The Bertz CT molecular complexity index is 925. The molecule has 1 saturated heterocycles. The molecule has 1 atom stereocenters. The predicted molar refractivity (Wildman–Crippen MR) is 92.6 cm³/mol. The van der Waals surface area contributed by atoms with E-state index >= 15 is 0 Å². The molecule has 25 heavy (non-hydrogen) atoms. The minimum absolute atomic E-state index is 0.0685. The number of halogens is 1. The zero-order valence-corrected chi connectivity index (χ0v) is 14.4. The molecule has 0 spiro atoms. The largest absolute Gasteiger partial charge is 0.504 e. The molecule has 0 aliphatic carbocycles. The van der Waals surface area contributed by atoms with E-state index in [9.17, 15) is 22.7 Å². The lowest BCUT2D eigenvalue weighted by molar-refractivity contribution is 0.0915. The summed E-state index contributed by atoms with van der Waals surface area (Å²) in [5.41, 5.74) is 0.504. The minimum atomic E-state index is -3.11. The molecule has 1 unspecified atom stereocenters. The van der Waals surface area contributed by atoms with Crippen LogP contribution in [-0.4, -0.2) is 36.5 Å². The van der Waals surface area contributed by atoms with Crippen LogP contribution in [0.4, 0.5) is 4.39 Å². The van der Waals surface area contributed by atoms with Gasteiger partial charge in [0, 0.05) is 11.1 Å². The van der Waals surface area contributed by atoms with Crippen LogP contribution in [0.3, 0.4) is 0 Å². The summed E-state index contributed by atoms with van der Waals surface area (Å²) in [7, 11) is -3.11. The Morgan fingerprint density at radius 3 is 2.48 bits per heavy atom. The second kappa shape index (κ2) is 6.15. The molecule has 1 aliphatic heterocycles. The number of carbonyl (C=O) groups is 1. The van der Waals surface area contributed by atoms with Crippen LogP contribution in [-0.2, 0) is 9.84 Å². The maximum Gasteiger partial charge on any atom is 0.251 e. The number of hydrogen-bond acceptors (Lipinski definition) is 4. The molecule has 0 bridgehead atoms. The Labute approximate surface area is 145 Å². The van der Waals surface area contributed by atoms with Crippen LogP contribution >= 0.6 is 0 Å². The fourth-order valence-electron chi connectivity index (χ4n) is 3.00. The fraction of sp³-hybridized carbons (Fsp3) is 0.278. The molecule has 2 aromatic carbocycles. The second-order valence-corrected chi connectivity index (χ2v) is 8.75. The lowest BCUT2D eigenvalue weighted by Crippen LogP contribution is -2.46. The monoisotopic (exact) mass is 363 g/mol. The Balaban J connectivity index is 1.78.